The van der Waals surface area contributed by atoms with Gasteiger partial charge in [-0.3, -0.25) is 14.8 Å². The third-order valence-electron chi connectivity index (χ3n) is 4.28. The number of benzene rings is 2. The summed E-state index contributed by atoms with van der Waals surface area (Å²) in [5.74, 6) is 0.236. The van der Waals surface area contributed by atoms with Crippen molar-refractivity contribution in [2.45, 2.75) is 20.4 Å². The van der Waals surface area contributed by atoms with Crippen LogP contribution in [-0.2, 0) is 11.3 Å². The van der Waals surface area contributed by atoms with Crippen molar-refractivity contribution in [2.24, 2.45) is 11.0 Å². The Labute approximate surface area is 172 Å². The second kappa shape index (κ2) is 11.4. The highest BCUT2D eigenvalue weighted by molar-refractivity contribution is 6.60. The van der Waals surface area contributed by atoms with E-state index in [0.29, 0.717) is 30.0 Å². The number of rotatable bonds is 10. The maximum absolute atomic E-state index is 12.8. The predicted octanol–water partition coefficient (Wildman–Crippen LogP) is 0.821. The van der Waals surface area contributed by atoms with Crippen molar-refractivity contribution in [3.8, 4) is 0 Å². The van der Waals surface area contributed by atoms with Crippen molar-refractivity contribution in [2.75, 3.05) is 20.1 Å². The first kappa shape index (κ1) is 22.6. The average Bonchev–Trinajstić information content (AvgIpc) is 2.70. The Hall–Kier alpha value is -2.68. The SMILES string of the molecule is CNN(CC(C)C)C(=O)CN(Cc1ccccc1)/N=C/c1ccccc1B(O)O. The van der Waals surface area contributed by atoms with Crippen LogP contribution in [0, 0.1) is 5.92 Å². The van der Waals surface area contributed by atoms with Crippen molar-refractivity contribution in [1.29, 1.82) is 0 Å². The number of carbonyl (C=O) groups is 1. The first-order valence-electron chi connectivity index (χ1n) is 9.66. The Morgan fingerprint density at radius 1 is 1.14 bits per heavy atom. The Kier molecular flexibility index (Phi) is 8.86. The molecule has 29 heavy (non-hydrogen) atoms. The highest BCUT2D eigenvalue weighted by atomic mass is 16.4. The number of nitrogens with zero attached hydrogens (tertiary/aromatic N) is 3. The van der Waals surface area contributed by atoms with Gasteiger partial charge in [-0.1, -0.05) is 68.4 Å². The molecule has 7 nitrogen and oxygen atoms in total. The van der Waals surface area contributed by atoms with E-state index in [2.05, 4.69) is 24.4 Å². The molecule has 0 radical (unpaired) electrons. The van der Waals surface area contributed by atoms with Crippen LogP contribution in [0.3, 0.4) is 0 Å². The minimum absolute atomic E-state index is 0.0861. The molecule has 3 N–H and O–H groups in total. The largest absolute Gasteiger partial charge is 0.489 e. The van der Waals surface area contributed by atoms with Crippen LogP contribution in [-0.4, -0.2) is 59.4 Å². The summed E-state index contributed by atoms with van der Waals surface area (Å²) < 4.78 is 0. The van der Waals surface area contributed by atoms with Gasteiger partial charge < -0.3 is 10.0 Å². The van der Waals surface area contributed by atoms with Gasteiger partial charge in [-0.25, -0.2) is 5.43 Å². The smallest absolute Gasteiger partial charge is 0.423 e. The van der Waals surface area contributed by atoms with Gasteiger partial charge in [0, 0.05) is 13.6 Å². The number of hydrogen-bond donors (Lipinski definition) is 3. The van der Waals surface area contributed by atoms with Gasteiger partial charge in [-0.05, 0) is 22.5 Å². The Balaban J connectivity index is 2.22. The van der Waals surface area contributed by atoms with Gasteiger partial charge in [0.1, 0.15) is 6.54 Å². The fraction of sp³-hybridized carbons (Fsp3) is 0.333. The minimum atomic E-state index is -1.59. The summed E-state index contributed by atoms with van der Waals surface area (Å²) in [6, 6.07) is 16.7. The molecule has 2 aromatic carbocycles. The molecule has 0 heterocycles. The molecule has 0 saturated carbocycles. The molecule has 0 bridgehead atoms. The highest BCUT2D eigenvalue weighted by Gasteiger charge is 2.18. The van der Waals surface area contributed by atoms with E-state index in [9.17, 15) is 14.8 Å². The van der Waals surface area contributed by atoms with Crippen LogP contribution in [0.2, 0.25) is 0 Å². The first-order chi connectivity index (χ1) is 13.9. The van der Waals surface area contributed by atoms with Crippen LogP contribution < -0.4 is 10.9 Å². The number of hydrogen-bond acceptors (Lipinski definition) is 6. The number of carbonyl (C=O) groups excluding carboxylic acids is 1. The summed E-state index contributed by atoms with van der Waals surface area (Å²) >= 11 is 0. The van der Waals surface area contributed by atoms with Gasteiger partial charge in [0.15, 0.2) is 0 Å². The van der Waals surface area contributed by atoms with Crippen LogP contribution in [0.15, 0.2) is 59.7 Å². The van der Waals surface area contributed by atoms with Gasteiger partial charge >= 0.3 is 7.12 Å². The van der Waals surface area contributed by atoms with Crippen molar-refractivity contribution >= 4 is 24.7 Å². The molecule has 0 spiro atoms. The molecule has 0 atom stereocenters. The van der Waals surface area contributed by atoms with Crippen LogP contribution in [0.1, 0.15) is 25.0 Å². The first-order valence-corrected chi connectivity index (χ1v) is 9.66. The highest BCUT2D eigenvalue weighted by Crippen LogP contribution is 2.07. The average molecular weight is 396 g/mol. The number of amides is 1. The van der Waals surface area contributed by atoms with E-state index in [0.717, 1.165) is 5.56 Å². The Morgan fingerprint density at radius 2 is 1.79 bits per heavy atom. The van der Waals surface area contributed by atoms with Crippen LogP contribution in [0.4, 0.5) is 0 Å². The molecule has 0 aliphatic rings. The maximum atomic E-state index is 12.8. The van der Waals surface area contributed by atoms with Crippen molar-refractivity contribution in [3.63, 3.8) is 0 Å². The lowest BCUT2D eigenvalue weighted by molar-refractivity contribution is -0.136. The summed E-state index contributed by atoms with van der Waals surface area (Å²) in [6.07, 6.45) is 1.55. The summed E-state index contributed by atoms with van der Waals surface area (Å²) in [4.78, 5) is 12.8. The van der Waals surface area contributed by atoms with Crippen molar-refractivity contribution < 1.29 is 14.8 Å². The lowest BCUT2D eigenvalue weighted by Crippen LogP contribution is -2.46. The molecule has 0 aliphatic carbocycles. The molecule has 0 fully saturated rings. The lowest BCUT2D eigenvalue weighted by Gasteiger charge is -2.26. The number of hydrazine groups is 1. The lowest BCUT2D eigenvalue weighted by atomic mass is 9.77. The van der Waals surface area contributed by atoms with Gasteiger partial charge in [0.25, 0.3) is 5.91 Å². The third-order valence-corrected chi connectivity index (χ3v) is 4.28. The molecule has 0 aliphatic heterocycles. The third kappa shape index (κ3) is 7.34. The van der Waals surface area contributed by atoms with E-state index >= 15 is 0 Å². The molecule has 0 aromatic heterocycles. The van der Waals surface area contributed by atoms with E-state index in [1.807, 2.05) is 30.3 Å². The fourth-order valence-corrected chi connectivity index (χ4v) is 2.86. The van der Waals surface area contributed by atoms with E-state index < -0.39 is 7.12 Å². The zero-order valence-corrected chi connectivity index (χ0v) is 17.2. The summed E-state index contributed by atoms with van der Waals surface area (Å²) in [7, 11) is 0.136. The van der Waals surface area contributed by atoms with Crippen LogP contribution >= 0.6 is 0 Å². The van der Waals surface area contributed by atoms with Crippen LogP contribution in [0.25, 0.3) is 0 Å². The summed E-state index contributed by atoms with van der Waals surface area (Å²) in [6.45, 7) is 5.23. The Bertz CT molecular complexity index is 800. The van der Waals surface area contributed by atoms with E-state index in [1.165, 1.54) is 0 Å². The van der Waals surface area contributed by atoms with Gasteiger partial charge in [-0.2, -0.15) is 5.10 Å². The summed E-state index contributed by atoms with van der Waals surface area (Å²) in [5, 5.41) is 26.8. The molecule has 0 unspecified atom stereocenters. The molecule has 2 aromatic rings. The molecular weight excluding hydrogens is 367 g/mol. The molecule has 1 amide bonds. The monoisotopic (exact) mass is 396 g/mol. The standard InChI is InChI=1S/C21H29BN4O3/c1-17(2)14-26(23-3)21(27)16-25(15-18-9-5-4-6-10-18)24-13-19-11-7-8-12-20(19)22(28)29/h4-13,17,23,28-29H,14-16H2,1-3H3/b24-13+. The van der Waals surface area contributed by atoms with Gasteiger partial charge in [0.2, 0.25) is 0 Å². The zero-order chi connectivity index (χ0) is 21.2. The molecular formula is C21H29BN4O3. The Morgan fingerprint density at radius 3 is 2.41 bits per heavy atom. The number of nitrogens with one attached hydrogen (secondary N) is 1. The normalized spacial score (nSPS) is 11.1. The van der Waals surface area contributed by atoms with Crippen molar-refractivity contribution in [1.82, 2.24) is 15.4 Å². The molecule has 2 rings (SSSR count). The fourth-order valence-electron chi connectivity index (χ4n) is 2.86. The van der Waals surface area contributed by atoms with Gasteiger partial charge in [-0.15, -0.1) is 0 Å². The number of hydrazone groups is 1. The zero-order valence-electron chi connectivity index (χ0n) is 17.2. The quantitative estimate of drug-likeness (QED) is 0.315. The topological polar surface area (TPSA) is 88.4 Å². The minimum Gasteiger partial charge on any atom is -0.423 e. The molecule has 8 heteroatoms. The van der Waals surface area contributed by atoms with Gasteiger partial charge in [0.05, 0.1) is 12.8 Å². The molecule has 0 saturated heterocycles. The summed E-state index contributed by atoms with van der Waals surface area (Å²) in [5.41, 5.74) is 4.90. The second-order valence-corrected chi connectivity index (χ2v) is 7.18. The predicted molar refractivity (Wildman–Crippen MR) is 116 cm³/mol. The van der Waals surface area contributed by atoms with E-state index in [1.54, 1.807) is 47.5 Å². The van der Waals surface area contributed by atoms with Crippen molar-refractivity contribution in [3.05, 3.63) is 65.7 Å². The molecule has 154 valence electrons. The maximum Gasteiger partial charge on any atom is 0.489 e. The van der Waals surface area contributed by atoms with E-state index in [-0.39, 0.29) is 12.5 Å². The van der Waals surface area contributed by atoms with E-state index in [4.69, 9.17) is 0 Å². The van der Waals surface area contributed by atoms with Crippen LogP contribution in [0.5, 0.6) is 0 Å². The second-order valence-electron chi connectivity index (χ2n) is 7.18.